The Bertz CT molecular complexity index is 1310. The molecule has 0 saturated heterocycles. The number of amides is 2. The first-order valence-corrected chi connectivity index (χ1v) is 10.8. The highest BCUT2D eigenvalue weighted by atomic mass is 16.5. The largest absolute Gasteiger partial charge is 0.492 e. The monoisotopic (exact) mass is 458 g/mol. The standard InChI is InChI=1S/C26H26N4O4/c1-30(2)22-8-5-9-23-19(22)16-24(34-23)26(32)28-14-15-33-18-12-10-17(11-13-18)25(31)29-21-7-4-3-6-20(21)27/h3-13,16H,14-15,27H2,1-2H3,(H,28,32)(H,29,31). The molecule has 0 bridgehead atoms. The van der Waals surface area contributed by atoms with Gasteiger partial charge in [-0.1, -0.05) is 18.2 Å². The number of nitrogens with two attached hydrogens (primary N) is 1. The van der Waals surface area contributed by atoms with E-state index in [1.54, 1.807) is 54.6 Å². The molecule has 4 aromatic rings. The number of nitrogens with one attached hydrogen (secondary N) is 2. The topological polar surface area (TPSA) is 110 Å². The molecular weight excluding hydrogens is 432 g/mol. The number of para-hydroxylation sites is 2. The summed E-state index contributed by atoms with van der Waals surface area (Å²) in [7, 11) is 3.88. The van der Waals surface area contributed by atoms with Crippen LogP contribution in [-0.4, -0.2) is 39.1 Å². The van der Waals surface area contributed by atoms with E-state index in [4.69, 9.17) is 14.9 Å². The van der Waals surface area contributed by atoms with E-state index in [1.807, 2.05) is 37.2 Å². The van der Waals surface area contributed by atoms with E-state index in [-0.39, 0.29) is 24.2 Å². The molecule has 0 saturated carbocycles. The molecule has 0 spiro atoms. The van der Waals surface area contributed by atoms with Gasteiger partial charge >= 0.3 is 0 Å². The maximum Gasteiger partial charge on any atom is 0.287 e. The maximum absolute atomic E-state index is 12.5. The molecule has 4 N–H and O–H groups in total. The molecule has 4 rings (SSSR count). The highest BCUT2D eigenvalue weighted by molar-refractivity contribution is 6.05. The van der Waals surface area contributed by atoms with Gasteiger partial charge in [-0.25, -0.2) is 0 Å². The summed E-state index contributed by atoms with van der Waals surface area (Å²) in [5.41, 5.74) is 9.04. The van der Waals surface area contributed by atoms with Gasteiger partial charge in [0.1, 0.15) is 17.9 Å². The first kappa shape index (κ1) is 22.7. The fourth-order valence-corrected chi connectivity index (χ4v) is 3.48. The van der Waals surface area contributed by atoms with Crippen LogP contribution in [0.2, 0.25) is 0 Å². The number of hydrogen-bond donors (Lipinski definition) is 3. The molecule has 0 radical (unpaired) electrons. The van der Waals surface area contributed by atoms with Gasteiger partial charge in [-0.05, 0) is 54.6 Å². The normalized spacial score (nSPS) is 10.6. The van der Waals surface area contributed by atoms with E-state index in [2.05, 4.69) is 10.6 Å². The average Bonchev–Trinajstić information content (AvgIpc) is 3.28. The average molecular weight is 459 g/mol. The Morgan fingerprint density at radius 2 is 1.74 bits per heavy atom. The summed E-state index contributed by atoms with van der Waals surface area (Å²) in [6, 6.07) is 21.2. The van der Waals surface area contributed by atoms with Gasteiger partial charge < -0.3 is 30.4 Å². The number of carbonyl (C=O) groups is 2. The fraction of sp³-hybridized carbons (Fsp3) is 0.154. The van der Waals surface area contributed by atoms with Crippen molar-refractivity contribution in [3.05, 3.63) is 84.1 Å². The zero-order valence-electron chi connectivity index (χ0n) is 19.0. The van der Waals surface area contributed by atoms with Crippen molar-refractivity contribution in [3.63, 3.8) is 0 Å². The lowest BCUT2D eigenvalue weighted by molar-refractivity contribution is 0.0921. The molecule has 174 valence electrons. The van der Waals surface area contributed by atoms with Crippen molar-refractivity contribution in [3.8, 4) is 5.75 Å². The molecule has 8 heteroatoms. The lowest BCUT2D eigenvalue weighted by atomic mass is 10.2. The van der Waals surface area contributed by atoms with Gasteiger partial charge in [0, 0.05) is 30.7 Å². The summed E-state index contributed by atoms with van der Waals surface area (Å²) < 4.78 is 11.4. The number of anilines is 3. The predicted molar refractivity (Wildman–Crippen MR) is 134 cm³/mol. The molecule has 2 amide bonds. The number of carbonyl (C=O) groups excluding carboxylic acids is 2. The Morgan fingerprint density at radius 1 is 0.971 bits per heavy atom. The molecule has 0 aliphatic rings. The molecule has 1 aromatic heterocycles. The highest BCUT2D eigenvalue weighted by Crippen LogP contribution is 2.28. The Balaban J connectivity index is 1.27. The zero-order chi connectivity index (χ0) is 24.1. The molecule has 3 aromatic carbocycles. The van der Waals surface area contributed by atoms with Crippen molar-refractivity contribution >= 4 is 39.8 Å². The van der Waals surface area contributed by atoms with Crippen molar-refractivity contribution in [1.29, 1.82) is 0 Å². The number of nitrogens with zero attached hydrogens (tertiary/aromatic N) is 1. The SMILES string of the molecule is CN(C)c1cccc2oc(C(=O)NCCOc3ccc(C(=O)Nc4ccccc4N)cc3)cc12. The molecule has 0 aliphatic carbocycles. The van der Waals surface area contributed by atoms with Gasteiger partial charge in [0.15, 0.2) is 5.76 Å². The second-order valence-corrected chi connectivity index (χ2v) is 7.86. The summed E-state index contributed by atoms with van der Waals surface area (Å²) in [6.45, 7) is 0.562. The lowest BCUT2D eigenvalue weighted by Gasteiger charge is -2.12. The predicted octanol–water partition coefficient (Wildman–Crippen LogP) is 4.14. The van der Waals surface area contributed by atoms with E-state index in [0.717, 1.165) is 11.1 Å². The third-order valence-corrected chi connectivity index (χ3v) is 5.23. The van der Waals surface area contributed by atoms with Crippen LogP contribution in [0.15, 0.2) is 77.2 Å². The number of hydrogen-bond acceptors (Lipinski definition) is 6. The van der Waals surface area contributed by atoms with Crippen molar-refractivity contribution < 1.29 is 18.7 Å². The maximum atomic E-state index is 12.5. The van der Waals surface area contributed by atoms with Crippen LogP contribution in [0, 0.1) is 0 Å². The van der Waals surface area contributed by atoms with Gasteiger partial charge in [0.25, 0.3) is 11.8 Å². The number of ether oxygens (including phenoxy) is 1. The van der Waals surface area contributed by atoms with Crippen molar-refractivity contribution in [2.45, 2.75) is 0 Å². The smallest absolute Gasteiger partial charge is 0.287 e. The highest BCUT2D eigenvalue weighted by Gasteiger charge is 2.15. The number of nitrogen functional groups attached to an aromatic ring is 1. The number of rotatable bonds is 8. The second kappa shape index (κ2) is 9.99. The Morgan fingerprint density at radius 3 is 2.47 bits per heavy atom. The van der Waals surface area contributed by atoms with E-state index < -0.39 is 0 Å². The third-order valence-electron chi connectivity index (χ3n) is 5.23. The van der Waals surface area contributed by atoms with Crippen LogP contribution in [0.1, 0.15) is 20.9 Å². The first-order valence-electron chi connectivity index (χ1n) is 10.8. The molecule has 0 unspecified atom stereocenters. The minimum Gasteiger partial charge on any atom is -0.492 e. The number of fused-ring (bicyclic) bond motifs is 1. The van der Waals surface area contributed by atoms with Gasteiger partial charge in [0.2, 0.25) is 0 Å². The van der Waals surface area contributed by atoms with Gasteiger partial charge in [-0.3, -0.25) is 9.59 Å². The molecule has 8 nitrogen and oxygen atoms in total. The minimum absolute atomic E-state index is 0.249. The summed E-state index contributed by atoms with van der Waals surface area (Å²) in [5.74, 6) is 0.264. The van der Waals surface area contributed by atoms with E-state index in [1.165, 1.54) is 0 Å². The van der Waals surface area contributed by atoms with Crippen LogP contribution in [0.3, 0.4) is 0 Å². The summed E-state index contributed by atoms with van der Waals surface area (Å²) in [6.07, 6.45) is 0. The van der Waals surface area contributed by atoms with Crippen LogP contribution in [0.5, 0.6) is 5.75 Å². The fourth-order valence-electron chi connectivity index (χ4n) is 3.48. The molecule has 0 aliphatic heterocycles. The molecular formula is C26H26N4O4. The Hall–Kier alpha value is -4.46. The summed E-state index contributed by atoms with van der Waals surface area (Å²) >= 11 is 0. The molecule has 0 atom stereocenters. The van der Waals surface area contributed by atoms with E-state index in [9.17, 15) is 9.59 Å². The van der Waals surface area contributed by atoms with E-state index in [0.29, 0.717) is 34.8 Å². The van der Waals surface area contributed by atoms with Crippen LogP contribution < -0.4 is 26.0 Å². The summed E-state index contributed by atoms with van der Waals surface area (Å²) in [4.78, 5) is 26.8. The number of benzene rings is 3. The van der Waals surface area contributed by atoms with Crippen LogP contribution in [0.25, 0.3) is 11.0 Å². The molecule has 1 heterocycles. The Labute approximate surface area is 197 Å². The first-order chi connectivity index (χ1) is 16.4. The molecule has 34 heavy (non-hydrogen) atoms. The van der Waals surface area contributed by atoms with Gasteiger partial charge in [0.05, 0.1) is 17.9 Å². The van der Waals surface area contributed by atoms with Gasteiger partial charge in [-0.15, -0.1) is 0 Å². The van der Waals surface area contributed by atoms with Crippen molar-refractivity contribution in [2.24, 2.45) is 0 Å². The van der Waals surface area contributed by atoms with Gasteiger partial charge in [-0.2, -0.15) is 0 Å². The second-order valence-electron chi connectivity index (χ2n) is 7.86. The zero-order valence-corrected chi connectivity index (χ0v) is 19.0. The minimum atomic E-state index is -0.309. The third kappa shape index (κ3) is 5.12. The summed E-state index contributed by atoms with van der Waals surface area (Å²) in [5, 5.41) is 6.46. The quantitative estimate of drug-likeness (QED) is 0.270. The molecule has 0 fully saturated rings. The number of furan rings is 1. The van der Waals surface area contributed by atoms with Crippen molar-refractivity contribution in [2.75, 3.05) is 43.2 Å². The van der Waals surface area contributed by atoms with Crippen LogP contribution in [-0.2, 0) is 0 Å². The van der Waals surface area contributed by atoms with Crippen LogP contribution >= 0.6 is 0 Å². The van der Waals surface area contributed by atoms with E-state index >= 15 is 0 Å². The van der Waals surface area contributed by atoms with Crippen LogP contribution in [0.4, 0.5) is 17.1 Å². The Kier molecular flexibility index (Phi) is 6.68. The van der Waals surface area contributed by atoms with Crippen molar-refractivity contribution in [1.82, 2.24) is 5.32 Å². The lowest BCUT2D eigenvalue weighted by Crippen LogP contribution is -2.27.